The minimum atomic E-state index is 0.174. The summed E-state index contributed by atoms with van der Waals surface area (Å²) >= 11 is 1.61. The summed E-state index contributed by atoms with van der Waals surface area (Å²) in [5.74, 6) is 0.174. The molecule has 0 fully saturated rings. The molecule has 2 aliphatic rings. The Morgan fingerprint density at radius 1 is 1.16 bits per heavy atom. The zero-order valence-corrected chi connectivity index (χ0v) is 15.0. The van der Waals surface area contributed by atoms with Crippen LogP contribution in [-0.4, -0.2) is 35.4 Å². The highest BCUT2D eigenvalue weighted by atomic mass is 32.1. The summed E-state index contributed by atoms with van der Waals surface area (Å²) in [4.78, 5) is 22.2. The Kier molecular flexibility index (Phi) is 4.55. The minimum Gasteiger partial charge on any atom is -0.375 e. The number of carbonyl (C=O) groups excluding carboxylic acids is 1. The molecule has 130 valence electrons. The molecule has 0 saturated heterocycles. The van der Waals surface area contributed by atoms with Gasteiger partial charge >= 0.3 is 0 Å². The smallest absolute Gasteiger partial charge is 0.231 e. The zero-order chi connectivity index (χ0) is 17.2. The predicted molar refractivity (Wildman–Crippen MR) is 102 cm³/mol. The second kappa shape index (κ2) is 6.98. The Bertz CT molecular complexity index is 788. The molecule has 2 aliphatic heterocycles. The third-order valence-electron chi connectivity index (χ3n) is 4.86. The molecule has 0 atom stereocenters. The van der Waals surface area contributed by atoms with Gasteiger partial charge in [0.2, 0.25) is 5.91 Å². The summed E-state index contributed by atoms with van der Waals surface area (Å²) < 4.78 is 0. The van der Waals surface area contributed by atoms with Gasteiger partial charge in [-0.05, 0) is 24.5 Å². The topological polar surface area (TPSA) is 62.5 Å². The van der Waals surface area contributed by atoms with E-state index in [0.717, 1.165) is 50.3 Å². The van der Waals surface area contributed by atoms with Crippen molar-refractivity contribution in [1.29, 1.82) is 0 Å². The average molecular weight is 354 g/mol. The SMILES string of the molecule is Nc1nc2c(s1)CCN(CC=CN1C(=O)CCc3ccccc31)CC2. The zero-order valence-electron chi connectivity index (χ0n) is 14.1. The number of thiazole rings is 1. The molecule has 0 radical (unpaired) electrons. The fourth-order valence-corrected chi connectivity index (χ4v) is 4.40. The summed E-state index contributed by atoms with van der Waals surface area (Å²) in [6.07, 6.45) is 7.41. The van der Waals surface area contributed by atoms with Gasteiger partial charge < -0.3 is 5.73 Å². The van der Waals surface area contributed by atoms with E-state index < -0.39 is 0 Å². The first-order chi connectivity index (χ1) is 12.2. The van der Waals surface area contributed by atoms with Gasteiger partial charge in [-0.1, -0.05) is 24.3 Å². The lowest BCUT2D eigenvalue weighted by Gasteiger charge is -2.26. The van der Waals surface area contributed by atoms with Crippen molar-refractivity contribution in [3.8, 4) is 0 Å². The maximum absolute atomic E-state index is 12.3. The monoisotopic (exact) mass is 354 g/mol. The van der Waals surface area contributed by atoms with Gasteiger partial charge in [-0.15, -0.1) is 11.3 Å². The van der Waals surface area contributed by atoms with Crippen LogP contribution in [0.5, 0.6) is 0 Å². The van der Waals surface area contributed by atoms with Gasteiger partial charge in [0.05, 0.1) is 11.4 Å². The van der Waals surface area contributed by atoms with E-state index >= 15 is 0 Å². The van der Waals surface area contributed by atoms with Crippen LogP contribution in [0, 0.1) is 0 Å². The lowest BCUT2D eigenvalue weighted by molar-refractivity contribution is -0.118. The number of anilines is 2. The van der Waals surface area contributed by atoms with Gasteiger partial charge in [0.25, 0.3) is 0 Å². The normalized spacial score (nSPS) is 18.2. The number of aryl methyl sites for hydroxylation is 1. The van der Waals surface area contributed by atoms with Gasteiger partial charge in [0.1, 0.15) is 0 Å². The Hall–Kier alpha value is -2.18. The largest absolute Gasteiger partial charge is 0.375 e. The highest BCUT2D eigenvalue weighted by Gasteiger charge is 2.22. The first kappa shape index (κ1) is 16.3. The predicted octanol–water partition coefficient (Wildman–Crippen LogP) is 2.62. The van der Waals surface area contributed by atoms with Crippen LogP contribution in [0.4, 0.5) is 10.8 Å². The van der Waals surface area contributed by atoms with Crippen molar-refractivity contribution in [2.45, 2.75) is 25.7 Å². The van der Waals surface area contributed by atoms with Gasteiger partial charge in [-0.2, -0.15) is 0 Å². The molecule has 6 heteroatoms. The maximum Gasteiger partial charge on any atom is 0.231 e. The lowest BCUT2D eigenvalue weighted by Crippen LogP contribution is -2.31. The Morgan fingerprint density at radius 2 is 2.00 bits per heavy atom. The minimum absolute atomic E-state index is 0.174. The molecule has 3 heterocycles. The number of fused-ring (bicyclic) bond motifs is 2. The number of rotatable bonds is 3. The van der Waals surface area contributed by atoms with E-state index in [4.69, 9.17) is 5.73 Å². The molecular formula is C19H22N4OS. The number of nitrogens with two attached hydrogens (primary N) is 1. The maximum atomic E-state index is 12.3. The molecule has 25 heavy (non-hydrogen) atoms. The summed E-state index contributed by atoms with van der Waals surface area (Å²) in [5, 5.41) is 0.681. The molecule has 4 rings (SSSR count). The van der Waals surface area contributed by atoms with Crippen LogP contribution in [0.25, 0.3) is 0 Å². The lowest BCUT2D eigenvalue weighted by atomic mass is 10.0. The average Bonchev–Trinajstić information content (AvgIpc) is 2.88. The molecule has 2 N–H and O–H groups in total. The van der Waals surface area contributed by atoms with Crippen LogP contribution in [-0.2, 0) is 24.1 Å². The van der Waals surface area contributed by atoms with Gasteiger partial charge in [0.15, 0.2) is 5.13 Å². The molecule has 0 bridgehead atoms. The summed E-state index contributed by atoms with van der Waals surface area (Å²) in [7, 11) is 0. The van der Waals surface area contributed by atoms with E-state index in [9.17, 15) is 4.79 Å². The van der Waals surface area contributed by atoms with Crippen molar-refractivity contribution < 1.29 is 4.79 Å². The molecule has 1 amide bonds. The second-order valence-electron chi connectivity index (χ2n) is 6.50. The molecule has 1 aromatic heterocycles. The summed E-state index contributed by atoms with van der Waals surface area (Å²) in [6, 6.07) is 8.16. The number of hydrogen-bond donors (Lipinski definition) is 1. The highest BCUT2D eigenvalue weighted by Crippen LogP contribution is 2.28. The number of para-hydroxylation sites is 1. The van der Waals surface area contributed by atoms with Crippen LogP contribution in [0.1, 0.15) is 22.6 Å². The first-order valence-corrected chi connectivity index (χ1v) is 9.55. The molecule has 0 aliphatic carbocycles. The molecular weight excluding hydrogens is 332 g/mol. The van der Waals surface area contributed by atoms with E-state index in [2.05, 4.69) is 22.0 Å². The number of amides is 1. The number of carbonyl (C=O) groups is 1. The summed E-state index contributed by atoms with van der Waals surface area (Å²) in [5.41, 5.74) is 9.23. The fourth-order valence-electron chi connectivity index (χ4n) is 3.53. The molecule has 1 aromatic carbocycles. The quantitative estimate of drug-likeness (QED) is 0.920. The van der Waals surface area contributed by atoms with Crippen molar-refractivity contribution in [2.24, 2.45) is 0 Å². The Balaban J connectivity index is 1.40. The molecule has 0 unspecified atom stereocenters. The van der Waals surface area contributed by atoms with Crippen LogP contribution in [0.3, 0.4) is 0 Å². The van der Waals surface area contributed by atoms with Crippen LogP contribution >= 0.6 is 11.3 Å². The molecule has 0 spiro atoms. The van der Waals surface area contributed by atoms with E-state index in [1.807, 2.05) is 24.4 Å². The Labute approximate surface area is 151 Å². The number of hydrogen-bond acceptors (Lipinski definition) is 5. The standard InChI is InChI=1S/C19H22N4OS/c20-19-21-15-8-12-22(13-9-17(15)25-19)10-3-11-23-16-5-2-1-4-14(16)6-7-18(23)24/h1-5,11H,6-10,12-13H2,(H2,20,21). The van der Waals surface area contributed by atoms with E-state index in [-0.39, 0.29) is 5.91 Å². The number of nitrogens with zero attached hydrogens (tertiary/aromatic N) is 3. The first-order valence-electron chi connectivity index (χ1n) is 8.74. The molecule has 5 nitrogen and oxygen atoms in total. The van der Waals surface area contributed by atoms with Crippen molar-refractivity contribution >= 4 is 28.1 Å². The van der Waals surface area contributed by atoms with Crippen molar-refractivity contribution in [3.63, 3.8) is 0 Å². The number of benzene rings is 1. The molecule has 2 aromatic rings. The van der Waals surface area contributed by atoms with Crippen molar-refractivity contribution in [3.05, 3.63) is 52.7 Å². The summed E-state index contributed by atoms with van der Waals surface area (Å²) in [6.45, 7) is 2.82. The van der Waals surface area contributed by atoms with E-state index in [1.165, 1.54) is 10.4 Å². The third-order valence-corrected chi connectivity index (χ3v) is 5.85. The van der Waals surface area contributed by atoms with Crippen LogP contribution in [0.15, 0.2) is 36.5 Å². The van der Waals surface area contributed by atoms with Gasteiger partial charge in [-0.25, -0.2) is 4.98 Å². The van der Waals surface area contributed by atoms with Crippen LogP contribution in [0.2, 0.25) is 0 Å². The number of aromatic nitrogens is 1. The third kappa shape index (κ3) is 3.45. The van der Waals surface area contributed by atoms with Crippen LogP contribution < -0.4 is 10.6 Å². The van der Waals surface area contributed by atoms with E-state index in [1.54, 1.807) is 16.2 Å². The number of nitrogen functional groups attached to an aromatic ring is 1. The van der Waals surface area contributed by atoms with E-state index in [0.29, 0.717) is 11.6 Å². The highest BCUT2D eigenvalue weighted by molar-refractivity contribution is 7.15. The van der Waals surface area contributed by atoms with Gasteiger partial charge in [0, 0.05) is 43.6 Å². The molecule has 0 saturated carbocycles. The van der Waals surface area contributed by atoms with Crippen molar-refractivity contribution in [2.75, 3.05) is 30.3 Å². The van der Waals surface area contributed by atoms with Crippen molar-refractivity contribution in [1.82, 2.24) is 9.88 Å². The Morgan fingerprint density at radius 3 is 2.92 bits per heavy atom. The van der Waals surface area contributed by atoms with Gasteiger partial charge in [-0.3, -0.25) is 14.6 Å². The fraction of sp³-hybridized carbons (Fsp3) is 0.368. The second-order valence-corrected chi connectivity index (χ2v) is 7.62.